The van der Waals surface area contributed by atoms with Gasteiger partial charge in [-0.25, -0.2) is 4.79 Å². The lowest BCUT2D eigenvalue weighted by atomic mass is 9.98. The molecule has 0 aliphatic heterocycles. The van der Waals surface area contributed by atoms with E-state index in [4.69, 9.17) is 9.84 Å². The predicted molar refractivity (Wildman–Crippen MR) is 115 cm³/mol. The van der Waals surface area contributed by atoms with E-state index < -0.39 is 23.6 Å². The largest absolute Gasteiger partial charge is 0.481 e. The van der Waals surface area contributed by atoms with Crippen molar-refractivity contribution in [1.82, 2.24) is 10.6 Å². The fourth-order valence-corrected chi connectivity index (χ4v) is 4.27. The van der Waals surface area contributed by atoms with Crippen LogP contribution >= 0.6 is 0 Å². The minimum Gasteiger partial charge on any atom is -0.481 e. The number of carbonyl (C=O) groups is 3. The summed E-state index contributed by atoms with van der Waals surface area (Å²) in [6.07, 6.45) is 0.866. The monoisotopic (exact) mass is 422 g/mol. The van der Waals surface area contributed by atoms with Crippen LogP contribution in [0.4, 0.5) is 4.79 Å². The molecule has 2 aliphatic carbocycles. The molecular weight excluding hydrogens is 396 g/mol. The van der Waals surface area contributed by atoms with Gasteiger partial charge in [0.05, 0.1) is 12.0 Å². The maximum absolute atomic E-state index is 12.6. The van der Waals surface area contributed by atoms with Crippen molar-refractivity contribution >= 4 is 18.0 Å². The van der Waals surface area contributed by atoms with Gasteiger partial charge in [-0.1, -0.05) is 55.5 Å². The van der Waals surface area contributed by atoms with Crippen LogP contribution in [0.3, 0.4) is 0 Å². The Kier molecular flexibility index (Phi) is 5.67. The number of amides is 2. The second-order valence-electron chi connectivity index (χ2n) is 8.27. The summed E-state index contributed by atoms with van der Waals surface area (Å²) >= 11 is 0. The van der Waals surface area contributed by atoms with Crippen molar-refractivity contribution in [2.75, 3.05) is 6.61 Å². The molecule has 0 bridgehead atoms. The molecule has 2 amide bonds. The van der Waals surface area contributed by atoms with Crippen LogP contribution in [0.25, 0.3) is 11.1 Å². The number of ether oxygens (including phenoxy) is 1. The normalized spacial score (nSPS) is 16.5. The van der Waals surface area contributed by atoms with E-state index in [1.165, 1.54) is 0 Å². The minimum atomic E-state index is -0.949. The van der Waals surface area contributed by atoms with E-state index in [9.17, 15) is 14.4 Å². The van der Waals surface area contributed by atoms with Crippen LogP contribution in [0, 0.1) is 0 Å². The Hall–Kier alpha value is -3.35. The SMILES string of the molecule is CCC(NC(=O)OCC1c2ccccc2-c2ccccc21)C(=O)NC1(CC(=O)O)CC1. The van der Waals surface area contributed by atoms with E-state index in [2.05, 4.69) is 22.8 Å². The molecule has 0 radical (unpaired) electrons. The van der Waals surface area contributed by atoms with E-state index in [0.717, 1.165) is 22.3 Å². The fraction of sp³-hybridized carbons (Fsp3) is 0.375. The third-order valence-corrected chi connectivity index (χ3v) is 6.09. The highest BCUT2D eigenvalue weighted by Gasteiger charge is 2.46. The molecule has 1 atom stereocenters. The zero-order valence-electron chi connectivity index (χ0n) is 17.4. The maximum atomic E-state index is 12.6. The fourth-order valence-electron chi connectivity index (χ4n) is 4.27. The number of rotatable bonds is 8. The Labute approximate surface area is 180 Å². The lowest BCUT2D eigenvalue weighted by Gasteiger charge is -2.22. The number of aliphatic carboxylic acids is 1. The van der Waals surface area contributed by atoms with E-state index in [1.54, 1.807) is 6.92 Å². The third kappa shape index (κ3) is 4.40. The molecule has 2 aliphatic rings. The number of alkyl carbamates (subject to hydrolysis) is 1. The highest BCUT2D eigenvalue weighted by Crippen LogP contribution is 2.44. The Morgan fingerprint density at radius 1 is 1.06 bits per heavy atom. The van der Waals surface area contributed by atoms with Crippen molar-refractivity contribution in [1.29, 1.82) is 0 Å². The summed E-state index contributed by atoms with van der Waals surface area (Å²) in [6, 6.07) is 15.4. The molecule has 1 unspecified atom stereocenters. The van der Waals surface area contributed by atoms with Crippen molar-refractivity contribution in [3.8, 4) is 11.1 Å². The van der Waals surface area contributed by atoms with Gasteiger partial charge >= 0.3 is 12.1 Å². The van der Waals surface area contributed by atoms with Crippen molar-refractivity contribution < 1.29 is 24.2 Å². The number of carboxylic acids is 1. The van der Waals surface area contributed by atoms with Gasteiger partial charge in [0.2, 0.25) is 5.91 Å². The second-order valence-corrected chi connectivity index (χ2v) is 8.27. The van der Waals surface area contributed by atoms with Crippen LogP contribution in [0.2, 0.25) is 0 Å². The van der Waals surface area contributed by atoms with E-state index in [0.29, 0.717) is 19.3 Å². The van der Waals surface area contributed by atoms with Crippen LogP contribution in [-0.2, 0) is 14.3 Å². The summed E-state index contributed by atoms with van der Waals surface area (Å²) in [5, 5.41) is 14.4. The first-order valence-electron chi connectivity index (χ1n) is 10.6. The average molecular weight is 422 g/mol. The molecule has 0 aromatic heterocycles. The molecule has 1 saturated carbocycles. The van der Waals surface area contributed by atoms with Crippen molar-refractivity contribution in [2.24, 2.45) is 0 Å². The van der Waals surface area contributed by atoms with E-state index in [1.807, 2.05) is 36.4 Å². The molecule has 2 aromatic carbocycles. The summed E-state index contributed by atoms with van der Waals surface area (Å²) in [5.41, 5.74) is 3.84. The Morgan fingerprint density at radius 2 is 1.65 bits per heavy atom. The second kappa shape index (κ2) is 8.41. The number of benzene rings is 2. The first-order valence-corrected chi connectivity index (χ1v) is 10.6. The standard InChI is InChI=1S/C24H26N2O5/c1-2-20(22(29)26-24(11-12-24)13-21(27)28)25-23(30)31-14-19-17-9-5-3-7-15(17)16-8-4-6-10-18(16)19/h3-10,19-20H,2,11-14H2,1H3,(H,25,30)(H,26,29)(H,27,28). The van der Waals surface area contributed by atoms with Gasteiger partial charge in [-0.05, 0) is 41.5 Å². The number of hydrogen-bond acceptors (Lipinski definition) is 4. The first kappa shape index (κ1) is 20.9. The molecule has 0 spiro atoms. The summed E-state index contributed by atoms with van der Waals surface area (Å²) in [7, 11) is 0. The number of carbonyl (C=O) groups excluding carboxylic acids is 2. The van der Waals surface area contributed by atoms with Gasteiger partial charge < -0.3 is 20.5 Å². The van der Waals surface area contributed by atoms with Crippen LogP contribution in [0.15, 0.2) is 48.5 Å². The van der Waals surface area contributed by atoms with Gasteiger partial charge in [-0.3, -0.25) is 9.59 Å². The molecule has 31 heavy (non-hydrogen) atoms. The first-order chi connectivity index (χ1) is 14.9. The molecule has 162 valence electrons. The quantitative estimate of drug-likeness (QED) is 0.605. The van der Waals surface area contributed by atoms with Crippen LogP contribution in [0.5, 0.6) is 0 Å². The van der Waals surface area contributed by atoms with Crippen LogP contribution in [0.1, 0.15) is 49.7 Å². The molecule has 7 nitrogen and oxygen atoms in total. The number of hydrogen-bond donors (Lipinski definition) is 3. The predicted octanol–water partition coefficient (Wildman–Crippen LogP) is 3.43. The molecule has 1 fully saturated rings. The topological polar surface area (TPSA) is 105 Å². The van der Waals surface area contributed by atoms with E-state index >= 15 is 0 Å². The number of fused-ring (bicyclic) bond motifs is 3. The zero-order chi connectivity index (χ0) is 22.0. The summed E-state index contributed by atoms with van der Waals surface area (Å²) in [5.74, 6) is -1.39. The lowest BCUT2D eigenvalue weighted by Crippen LogP contribution is -2.51. The van der Waals surface area contributed by atoms with Crippen LogP contribution < -0.4 is 10.6 Å². The Bertz CT molecular complexity index is 969. The minimum absolute atomic E-state index is 0.0580. The highest BCUT2D eigenvalue weighted by molar-refractivity contribution is 5.87. The van der Waals surface area contributed by atoms with Gasteiger partial charge in [-0.15, -0.1) is 0 Å². The molecule has 0 saturated heterocycles. The van der Waals surface area contributed by atoms with Crippen molar-refractivity contribution in [3.05, 3.63) is 59.7 Å². The molecule has 0 heterocycles. The van der Waals surface area contributed by atoms with Crippen molar-refractivity contribution in [2.45, 2.75) is 50.1 Å². The summed E-state index contributed by atoms with van der Waals surface area (Å²) in [6.45, 7) is 1.95. The molecular formula is C24H26N2O5. The number of nitrogens with one attached hydrogen (secondary N) is 2. The molecule has 7 heteroatoms. The summed E-state index contributed by atoms with van der Waals surface area (Å²) < 4.78 is 5.51. The van der Waals surface area contributed by atoms with E-state index in [-0.39, 0.29) is 24.9 Å². The van der Waals surface area contributed by atoms with Gasteiger partial charge in [0, 0.05) is 5.92 Å². The van der Waals surface area contributed by atoms with Gasteiger partial charge in [0.1, 0.15) is 12.6 Å². The molecule has 4 rings (SSSR count). The Balaban J connectivity index is 1.37. The van der Waals surface area contributed by atoms with Crippen LogP contribution in [-0.4, -0.2) is 41.3 Å². The van der Waals surface area contributed by atoms with Gasteiger partial charge in [-0.2, -0.15) is 0 Å². The summed E-state index contributed by atoms with van der Waals surface area (Å²) in [4.78, 5) is 36.0. The average Bonchev–Trinajstić information content (AvgIpc) is 3.42. The maximum Gasteiger partial charge on any atom is 0.407 e. The lowest BCUT2D eigenvalue weighted by molar-refractivity contribution is -0.138. The third-order valence-electron chi connectivity index (χ3n) is 6.09. The Morgan fingerprint density at radius 3 is 2.16 bits per heavy atom. The highest BCUT2D eigenvalue weighted by atomic mass is 16.5. The zero-order valence-corrected chi connectivity index (χ0v) is 17.4. The van der Waals surface area contributed by atoms with Gasteiger partial charge in [0.25, 0.3) is 0 Å². The number of carboxylic acid groups (broad SMARTS) is 1. The van der Waals surface area contributed by atoms with Crippen molar-refractivity contribution in [3.63, 3.8) is 0 Å². The van der Waals surface area contributed by atoms with Gasteiger partial charge in [0.15, 0.2) is 0 Å². The molecule has 2 aromatic rings. The molecule has 3 N–H and O–H groups in total. The smallest absolute Gasteiger partial charge is 0.407 e.